The molecule has 5 nitrogen and oxygen atoms in total. The second kappa shape index (κ2) is 6.34. The molecule has 0 fully saturated rings. The molecule has 6 heteroatoms. The first-order chi connectivity index (χ1) is 9.65. The Morgan fingerprint density at radius 3 is 2.60 bits per heavy atom. The van der Waals surface area contributed by atoms with E-state index in [4.69, 9.17) is 31.5 Å². The minimum absolute atomic E-state index is 0.212. The zero-order valence-electron chi connectivity index (χ0n) is 11.2. The smallest absolute Gasteiger partial charge is 0.185 e. The van der Waals surface area contributed by atoms with Crippen molar-refractivity contribution in [3.8, 4) is 17.2 Å². The molecule has 0 amide bonds. The highest BCUT2D eigenvalue weighted by Crippen LogP contribution is 2.31. The Bertz CT molecular complexity index is 605. The predicted molar refractivity (Wildman–Crippen MR) is 77.5 cm³/mol. The highest BCUT2D eigenvalue weighted by atomic mass is 35.5. The first-order valence-corrected chi connectivity index (χ1v) is 6.27. The summed E-state index contributed by atoms with van der Waals surface area (Å²) in [5.41, 5.74) is 6.84. The number of nitrogen functional groups attached to an aromatic ring is 1. The fraction of sp³-hybridized carbons (Fsp3) is 0.214. The minimum atomic E-state index is 0.212. The van der Waals surface area contributed by atoms with E-state index in [9.17, 15) is 0 Å². The van der Waals surface area contributed by atoms with Gasteiger partial charge in [0.05, 0.1) is 19.2 Å². The second-order valence-electron chi connectivity index (χ2n) is 3.97. The molecule has 0 unspecified atom stereocenters. The summed E-state index contributed by atoms with van der Waals surface area (Å²) in [5.74, 6) is 1.68. The van der Waals surface area contributed by atoms with Crippen LogP contribution < -0.4 is 19.9 Å². The summed E-state index contributed by atoms with van der Waals surface area (Å²) in [4.78, 5) is 4.22. The number of aromatic nitrogens is 1. The molecule has 0 spiro atoms. The molecule has 0 atom stereocenters. The Kier molecular flexibility index (Phi) is 4.53. The van der Waals surface area contributed by atoms with Crippen LogP contribution in [-0.4, -0.2) is 19.2 Å². The van der Waals surface area contributed by atoms with Crippen LogP contribution in [0.3, 0.4) is 0 Å². The molecule has 1 aromatic carbocycles. The molecule has 0 saturated heterocycles. The normalized spacial score (nSPS) is 10.2. The summed E-state index contributed by atoms with van der Waals surface area (Å²) in [6, 6.07) is 6.79. The van der Waals surface area contributed by atoms with Gasteiger partial charge >= 0.3 is 0 Å². The molecule has 0 aliphatic rings. The summed E-state index contributed by atoms with van der Waals surface area (Å²) in [6.45, 7) is 0.212. The van der Waals surface area contributed by atoms with Crippen LogP contribution in [-0.2, 0) is 6.61 Å². The van der Waals surface area contributed by atoms with Gasteiger partial charge in [-0.2, -0.15) is 0 Å². The van der Waals surface area contributed by atoms with E-state index in [2.05, 4.69) is 4.98 Å². The van der Waals surface area contributed by atoms with Crippen LogP contribution in [0.2, 0.25) is 5.02 Å². The lowest BCUT2D eigenvalue weighted by Crippen LogP contribution is -2.03. The van der Waals surface area contributed by atoms with Gasteiger partial charge in [0.2, 0.25) is 0 Å². The van der Waals surface area contributed by atoms with E-state index < -0.39 is 0 Å². The third-order valence-electron chi connectivity index (χ3n) is 2.69. The van der Waals surface area contributed by atoms with Gasteiger partial charge in [0.1, 0.15) is 18.1 Å². The highest BCUT2D eigenvalue weighted by Gasteiger charge is 2.12. The van der Waals surface area contributed by atoms with Gasteiger partial charge < -0.3 is 19.9 Å². The van der Waals surface area contributed by atoms with Crippen LogP contribution in [0.1, 0.15) is 5.69 Å². The summed E-state index contributed by atoms with van der Waals surface area (Å²) in [7, 11) is 3.12. The Morgan fingerprint density at radius 1 is 1.15 bits per heavy atom. The van der Waals surface area contributed by atoms with Crippen LogP contribution in [0.5, 0.6) is 17.2 Å². The van der Waals surface area contributed by atoms with E-state index in [0.29, 0.717) is 33.7 Å². The number of nitrogens with two attached hydrogens (primary N) is 1. The van der Waals surface area contributed by atoms with E-state index >= 15 is 0 Å². The van der Waals surface area contributed by atoms with Crippen LogP contribution in [0.4, 0.5) is 5.69 Å². The maximum absolute atomic E-state index is 6.05. The predicted octanol–water partition coefficient (Wildman–Crippen LogP) is 2.91. The van der Waals surface area contributed by atoms with Crippen molar-refractivity contribution in [3.05, 3.63) is 41.2 Å². The topological polar surface area (TPSA) is 66.6 Å². The third kappa shape index (κ3) is 3.05. The van der Waals surface area contributed by atoms with Crippen LogP contribution in [0, 0.1) is 0 Å². The molecule has 106 valence electrons. The molecular weight excluding hydrogens is 280 g/mol. The van der Waals surface area contributed by atoms with Crippen LogP contribution in [0.15, 0.2) is 30.5 Å². The largest absolute Gasteiger partial charge is 0.493 e. The van der Waals surface area contributed by atoms with Crippen molar-refractivity contribution in [1.29, 1.82) is 0 Å². The molecule has 1 aromatic heterocycles. The first kappa shape index (κ1) is 14.3. The van der Waals surface area contributed by atoms with Gasteiger partial charge in [0.15, 0.2) is 11.5 Å². The lowest BCUT2D eigenvalue weighted by molar-refractivity contribution is 0.285. The van der Waals surface area contributed by atoms with E-state index in [1.54, 1.807) is 44.7 Å². The zero-order chi connectivity index (χ0) is 14.5. The number of nitrogens with zero attached hydrogens (tertiary/aromatic N) is 1. The van der Waals surface area contributed by atoms with Crippen molar-refractivity contribution in [1.82, 2.24) is 4.98 Å². The summed E-state index contributed by atoms with van der Waals surface area (Å²) >= 11 is 6.05. The van der Waals surface area contributed by atoms with Gasteiger partial charge in [0, 0.05) is 18.0 Å². The first-order valence-electron chi connectivity index (χ1n) is 5.89. The van der Waals surface area contributed by atoms with E-state index in [1.165, 1.54) is 0 Å². The summed E-state index contributed by atoms with van der Waals surface area (Å²) in [6.07, 6.45) is 1.63. The standard InChI is InChI=1S/C14H15ClN2O3/c1-18-13-5-6-17-11(14(13)19-2)8-20-12-4-3-9(16)7-10(12)15/h3-7H,8,16H2,1-2H3. The lowest BCUT2D eigenvalue weighted by atomic mass is 10.3. The van der Waals surface area contributed by atoms with E-state index in [1.807, 2.05) is 0 Å². The summed E-state index contributed by atoms with van der Waals surface area (Å²) < 4.78 is 16.1. The average Bonchev–Trinajstić information content (AvgIpc) is 2.45. The maximum Gasteiger partial charge on any atom is 0.185 e. The van der Waals surface area contributed by atoms with Gasteiger partial charge in [-0.05, 0) is 18.2 Å². The molecule has 0 aliphatic heterocycles. The van der Waals surface area contributed by atoms with Crippen molar-refractivity contribution < 1.29 is 14.2 Å². The number of anilines is 1. The van der Waals surface area contributed by atoms with Gasteiger partial charge in [-0.25, -0.2) is 0 Å². The number of ether oxygens (including phenoxy) is 3. The van der Waals surface area contributed by atoms with Crippen molar-refractivity contribution in [2.75, 3.05) is 20.0 Å². The molecule has 2 N–H and O–H groups in total. The van der Waals surface area contributed by atoms with Crippen molar-refractivity contribution in [2.24, 2.45) is 0 Å². The molecule has 20 heavy (non-hydrogen) atoms. The van der Waals surface area contributed by atoms with Crippen molar-refractivity contribution >= 4 is 17.3 Å². The fourth-order valence-electron chi connectivity index (χ4n) is 1.73. The maximum atomic E-state index is 6.05. The molecular formula is C14H15ClN2O3. The quantitative estimate of drug-likeness (QED) is 0.859. The molecule has 2 rings (SSSR count). The van der Waals surface area contributed by atoms with E-state index in [0.717, 1.165) is 0 Å². The number of rotatable bonds is 5. The van der Waals surface area contributed by atoms with Crippen molar-refractivity contribution in [3.63, 3.8) is 0 Å². The molecule has 0 aliphatic carbocycles. The Balaban J connectivity index is 2.18. The summed E-state index contributed by atoms with van der Waals surface area (Å²) in [5, 5.41) is 0.451. The third-order valence-corrected chi connectivity index (χ3v) is 2.98. The Hall–Kier alpha value is -2.14. The molecule has 2 aromatic rings. The number of benzene rings is 1. The second-order valence-corrected chi connectivity index (χ2v) is 4.38. The van der Waals surface area contributed by atoms with Gasteiger partial charge in [-0.1, -0.05) is 11.6 Å². The fourth-order valence-corrected chi connectivity index (χ4v) is 1.98. The minimum Gasteiger partial charge on any atom is -0.493 e. The number of hydrogen-bond acceptors (Lipinski definition) is 5. The number of methoxy groups -OCH3 is 2. The number of hydrogen-bond donors (Lipinski definition) is 1. The highest BCUT2D eigenvalue weighted by molar-refractivity contribution is 6.32. The molecule has 0 radical (unpaired) electrons. The van der Waals surface area contributed by atoms with Crippen LogP contribution in [0.25, 0.3) is 0 Å². The molecule has 0 saturated carbocycles. The van der Waals surface area contributed by atoms with Crippen LogP contribution >= 0.6 is 11.6 Å². The Labute approximate surface area is 122 Å². The molecule has 0 bridgehead atoms. The van der Waals surface area contributed by atoms with Crippen molar-refractivity contribution in [2.45, 2.75) is 6.61 Å². The van der Waals surface area contributed by atoms with Gasteiger partial charge in [0.25, 0.3) is 0 Å². The monoisotopic (exact) mass is 294 g/mol. The average molecular weight is 295 g/mol. The zero-order valence-corrected chi connectivity index (χ0v) is 12.0. The number of halogens is 1. The van der Waals surface area contributed by atoms with E-state index in [-0.39, 0.29) is 6.61 Å². The Morgan fingerprint density at radius 2 is 1.95 bits per heavy atom. The SMILES string of the molecule is COc1ccnc(COc2ccc(N)cc2Cl)c1OC. The number of pyridine rings is 1. The lowest BCUT2D eigenvalue weighted by Gasteiger charge is -2.13. The molecule has 1 heterocycles. The van der Waals surface area contributed by atoms with Gasteiger partial charge in [-0.3, -0.25) is 4.98 Å². The van der Waals surface area contributed by atoms with Gasteiger partial charge in [-0.15, -0.1) is 0 Å².